The van der Waals surface area contributed by atoms with Crippen LogP contribution in [-0.4, -0.2) is 15.5 Å². The lowest BCUT2D eigenvalue weighted by Crippen LogP contribution is -2.30. The van der Waals surface area contributed by atoms with Crippen LogP contribution < -0.4 is 11.3 Å². The molecule has 2 heterocycles. The monoisotopic (exact) mass is 284 g/mol. The first-order chi connectivity index (χ1) is 10.2. The first kappa shape index (κ1) is 13.3. The fraction of sp³-hybridized carbons (Fsp3) is 0.0667. The maximum atomic E-state index is 13.4. The van der Waals surface area contributed by atoms with Crippen molar-refractivity contribution in [2.75, 3.05) is 0 Å². The summed E-state index contributed by atoms with van der Waals surface area (Å²) in [5.41, 5.74) is 3.77. The van der Waals surface area contributed by atoms with Gasteiger partial charge in [0.2, 0.25) is 0 Å². The molecule has 5 nitrogen and oxygen atoms in total. The minimum atomic E-state index is -0.444. The summed E-state index contributed by atoms with van der Waals surface area (Å²) in [5.74, 6) is 4.37. The van der Waals surface area contributed by atoms with Gasteiger partial charge in [0.15, 0.2) is 0 Å². The molecule has 3 rings (SSSR count). The summed E-state index contributed by atoms with van der Waals surface area (Å²) in [5, 5.41) is 0.951. The zero-order valence-electron chi connectivity index (χ0n) is 11.1. The summed E-state index contributed by atoms with van der Waals surface area (Å²) in [6, 6.07) is 11.7. The lowest BCUT2D eigenvalue weighted by atomic mass is 10.2. The van der Waals surface area contributed by atoms with Crippen molar-refractivity contribution < 1.29 is 9.18 Å². The van der Waals surface area contributed by atoms with Crippen LogP contribution in [0.4, 0.5) is 4.39 Å². The smallest absolute Gasteiger partial charge is 0.283 e. The molecule has 0 unspecified atom stereocenters. The van der Waals surface area contributed by atoms with Crippen molar-refractivity contribution in [1.29, 1.82) is 0 Å². The summed E-state index contributed by atoms with van der Waals surface area (Å²) in [6.45, 7) is 0.443. The number of hydrogen-bond donors (Lipinski definition) is 2. The lowest BCUT2D eigenvalue weighted by molar-refractivity contribution is 0.0948. The fourth-order valence-corrected chi connectivity index (χ4v) is 2.24. The number of halogens is 1. The van der Waals surface area contributed by atoms with Gasteiger partial charge in [-0.25, -0.2) is 15.2 Å². The van der Waals surface area contributed by atoms with E-state index in [0.29, 0.717) is 12.2 Å². The number of amides is 1. The van der Waals surface area contributed by atoms with Gasteiger partial charge in [0.05, 0.1) is 17.8 Å². The van der Waals surface area contributed by atoms with Crippen LogP contribution in [0.25, 0.3) is 10.9 Å². The van der Waals surface area contributed by atoms with Gasteiger partial charge < -0.3 is 4.57 Å². The highest BCUT2D eigenvalue weighted by Gasteiger charge is 2.08. The molecule has 0 saturated carbocycles. The van der Waals surface area contributed by atoms with Crippen LogP contribution >= 0.6 is 0 Å². The molecule has 21 heavy (non-hydrogen) atoms. The average molecular weight is 284 g/mol. The highest BCUT2D eigenvalue weighted by molar-refractivity contribution is 5.91. The molecule has 0 spiro atoms. The number of benzene rings is 1. The van der Waals surface area contributed by atoms with E-state index < -0.39 is 5.91 Å². The molecular formula is C15H13FN4O. The Morgan fingerprint density at radius 2 is 2.14 bits per heavy atom. The van der Waals surface area contributed by atoms with Crippen LogP contribution in [0.3, 0.4) is 0 Å². The number of nitrogens with one attached hydrogen (secondary N) is 1. The van der Waals surface area contributed by atoms with E-state index in [1.54, 1.807) is 24.3 Å². The zero-order chi connectivity index (χ0) is 14.8. The van der Waals surface area contributed by atoms with E-state index >= 15 is 0 Å². The Balaban J connectivity index is 1.95. The van der Waals surface area contributed by atoms with Gasteiger partial charge in [0.25, 0.3) is 5.91 Å². The molecule has 106 valence electrons. The van der Waals surface area contributed by atoms with Gasteiger partial charge in [-0.3, -0.25) is 10.2 Å². The Hall–Kier alpha value is -2.73. The van der Waals surface area contributed by atoms with Crippen molar-refractivity contribution in [3.63, 3.8) is 0 Å². The summed E-state index contributed by atoms with van der Waals surface area (Å²) in [4.78, 5) is 15.7. The minimum absolute atomic E-state index is 0.248. The summed E-state index contributed by atoms with van der Waals surface area (Å²) in [6.07, 6.45) is 1.86. The predicted octanol–water partition coefficient (Wildman–Crippen LogP) is 1.83. The third-order valence-electron chi connectivity index (χ3n) is 3.24. The second kappa shape index (κ2) is 5.34. The molecule has 2 aromatic heterocycles. The molecule has 6 heteroatoms. The first-order valence-electron chi connectivity index (χ1n) is 6.38. The molecule has 0 radical (unpaired) electrons. The lowest BCUT2D eigenvalue weighted by Gasteiger charge is -2.07. The quantitative estimate of drug-likeness (QED) is 0.438. The molecule has 0 bridgehead atoms. The number of nitrogen functional groups attached to an aromatic ring is 1. The normalized spacial score (nSPS) is 10.8. The summed E-state index contributed by atoms with van der Waals surface area (Å²) in [7, 11) is 0. The number of fused-ring (bicyclic) bond motifs is 1. The number of hydrogen-bond acceptors (Lipinski definition) is 3. The molecule has 3 N–H and O–H groups in total. The number of nitrogens with zero attached hydrogens (tertiary/aromatic N) is 2. The average Bonchev–Trinajstić information content (AvgIpc) is 2.89. The van der Waals surface area contributed by atoms with Crippen molar-refractivity contribution in [3.8, 4) is 0 Å². The Morgan fingerprint density at radius 3 is 2.95 bits per heavy atom. The van der Waals surface area contributed by atoms with E-state index in [1.807, 2.05) is 22.3 Å². The number of rotatable bonds is 3. The number of carbonyl (C=O) groups is 1. The maximum Gasteiger partial charge on any atom is 0.283 e. The van der Waals surface area contributed by atoms with E-state index in [0.717, 1.165) is 10.9 Å². The van der Waals surface area contributed by atoms with Crippen LogP contribution in [0.1, 0.15) is 16.2 Å². The summed E-state index contributed by atoms with van der Waals surface area (Å²) >= 11 is 0. The standard InChI is InChI=1S/C15H13FN4O/c16-11-5-4-10-6-7-20(14(10)8-11)9-12-2-1-3-13(18-12)15(21)19-17/h1-8H,9,17H2,(H,19,21). The van der Waals surface area contributed by atoms with Crippen LogP contribution in [0, 0.1) is 5.82 Å². The Bertz CT molecular complexity index is 812. The van der Waals surface area contributed by atoms with Gasteiger partial charge in [-0.05, 0) is 41.8 Å². The molecule has 0 atom stereocenters. The number of nitrogens with two attached hydrogens (primary N) is 1. The van der Waals surface area contributed by atoms with Gasteiger partial charge in [-0.1, -0.05) is 6.07 Å². The molecule has 1 amide bonds. The van der Waals surface area contributed by atoms with Gasteiger partial charge in [0.1, 0.15) is 11.5 Å². The number of carbonyl (C=O) groups excluding carboxylic acids is 1. The number of aromatic nitrogens is 2. The van der Waals surface area contributed by atoms with Gasteiger partial charge in [-0.2, -0.15) is 0 Å². The van der Waals surface area contributed by atoms with Crippen molar-refractivity contribution >= 4 is 16.8 Å². The van der Waals surface area contributed by atoms with Crippen LogP contribution in [0.2, 0.25) is 0 Å². The number of pyridine rings is 1. The van der Waals surface area contributed by atoms with Gasteiger partial charge in [-0.15, -0.1) is 0 Å². The fourth-order valence-electron chi connectivity index (χ4n) is 2.24. The van der Waals surface area contributed by atoms with E-state index in [2.05, 4.69) is 4.98 Å². The molecule has 0 aliphatic carbocycles. The molecule has 0 fully saturated rings. The number of hydrazine groups is 1. The highest BCUT2D eigenvalue weighted by atomic mass is 19.1. The largest absolute Gasteiger partial charge is 0.341 e. The second-order valence-corrected chi connectivity index (χ2v) is 4.63. The first-order valence-corrected chi connectivity index (χ1v) is 6.38. The Labute approximate surface area is 120 Å². The molecular weight excluding hydrogens is 271 g/mol. The molecule has 0 aliphatic rings. The van der Waals surface area contributed by atoms with Gasteiger partial charge >= 0.3 is 0 Å². The third-order valence-corrected chi connectivity index (χ3v) is 3.24. The van der Waals surface area contributed by atoms with Crippen LogP contribution in [-0.2, 0) is 6.54 Å². The Kier molecular flexibility index (Phi) is 3.37. The topological polar surface area (TPSA) is 72.9 Å². The van der Waals surface area contributed by atoms with Crippen molar-refractivity contribution in [1.82, 2.24) is 15.0 Å². The third kappa shape index (κ3) is 2.61. The van der Waals surface area contributed by atoms with Crippen LogP contribution in [0.5, 0.6) is 0 Å². The molecule has 3 aromatic rings. The molecule has 0 saturated heterocycles. The summed E-state index contributed by atoms with van der Waals surface area (Å²) < 4.78 is 15.2. The van der Waals surface area contributed by atoms with Crippen molar-refractivity contribution in [2.24, 2.45) is 5.84 Å². The van der Waals surface area contributed by atoms with Crippen LogP contribution in [0.15, 0.2) is 48.7 Å². The van der Waals surface area contributed by atoms with E-state index in [1.165, 1.54) is 12.1 Å². The minimum Gasteiger partial charge on any atom is -0.341 e. The maximum absolute atomic E-state index is 13.4. The van der Waals surface area contributed by atoms with E-state index in [-0.39, 0.29) is 11.5 Å². The predicted molar refractivity (Wildman–Crippen MR) is 76.9 cm³/mol. The second-order valence-electron chi connectivity index (χ2n) is 4.63. The highest BCUT2D eigenvalue weighted by Crippen LogP contribution is 2.18. The Morgan fingerprint density at radius 1 is 1.29 bits per heavy atom. The van der Waals surface area contributed by atoms with Crippen molar-refractivity contribution in [3.05, 3.63) is 65.9 Å². The zero-order valence-corrected chi connectivity index (χ0v) is 11.1. The SMILES string of the molecule is NNC(=O)c1cccc(Cn2ccc3ccc(F)cc32)n1. The molecule has 1 aromatic carbocycles. The van der Waals surface area contributed by atoms with E-state index in [4.69, 9.17) is 5.84 Å². The van der Waals surface area contributed by atoms with Crippen molar-refractivity contribution in [2.45, 2.75) is 6.54 Å². The molecule has 0 aliphatic heterocycles. The van der Waals surface area contributed by atoms with E-state index in [9.17, 15) is 9.18 Å². The van der Waals surface area contributed by atoms with Gasteiger partial charge in [0, 0.05) is 6.20 Å².